The molecule has 2 aliphatic rings. The average molecular weight is 281 g/mol. The third-order valence-corrected chi connectivity index (χ3v) is 5.48. The number of hydrogen-bond donors (Lipinski definition) is 0. The molecule has 1 aromatic rings. The monoisotopic (exact) mass is 281 g/mol. The quantitative estimate of drug-likeness (QED) is 0.818. The molecular formula is C13H19N3O2S. The number of rotatable bonds is 3. The number of likely N-dealkylation sites (tertiary alicyclic amines) is 1. The van der Waals surface area contributed by atoms with Crippen molar-refractivity contribution in [1.29, 1.82) is 0 Å². The van der Waals surface area contributed by atoms with Crippen LogP contribution in [0.3, 0.4) is 0 Å². The fraction of sp³-hybridized carbons (Fsp3) is 0.615. The minimum Gasteiger partial charge on any atom is -0.294 e. The summed E-state index contributed by atoms with van der Waals surface area (Å²) in [5, 5.41) is 0. The van der Waals surface area contributed by atoms with E-state index in [4.69, 9.17) is 0 Å². The lowest BCUT2D eigenvalue weighted by molar-refractivity contribution is 0.240. The fourth-order valence-corrected chi connectivity index (χ4v) is 4.54. The van der Waals surface area contributed by atoms with Crippen molar-refractivity contribution in [2.75, 3.05) is 19.3 Å². The molecule has 0 aromatic carbocycles. The third-order valence-electron chi connectivity index (χ3n) is 4.17. The normalized spacial score (nSPS) is 28.7. The zero-order valence-electron chi connectivity index (χ0n) is 11.1. The van der Waals surface area contributed by atoms with Gasteiger partial charge in [-0.25, -0.2) is 8.42 Å². The molecule has 3 heterocycles. The molecule has 1 aromatic heterocycles. The molecule has 2 aliphatic heterocycles. The van der Waals surface area contributed by atoms with Crippen molar-refractivity contribution in [1.82, 2.24) is 14.2 Å². The van der Waals surface area contributed by atoms with Crippen molar-refractivity contribution < 1.29 is 8.42 Å². The molecule has 2 atom stereocenters. The first-order chi connectivity index (χ1) is 9.05. The molecule has 6 heteroatoms. The molecule has 2 saturated heterocycles. The van der Waals surface area contributed by atoms with Crippen LogP contribution in [0.2, 0.25) is 0 Å². The first-order valence-electron chi connectivity index (χ1n) is 6.65. The molecule has 0 bridgehead atoms. The molecule has 0 saturated carbocycles. The summed E-state index contributed by atoms with van der Waals surface area (Å²) >= 11 is 0. The maximum absolute atomic E-state index is 11.7. The molecule has 3 rings (SSSR count). The van der Waals surface area contributed by atoms with Gasteiger partial charge < -0.3 is 0 Å². The predicted molar refractivity (Wildman–Crippen MR) is 73.0 cm³/mol. The van der Waals surface area contributed by atoms with Gasteiger partial charge in [-0.15, -0.1) is 0 Å². The Hall–Kier alpha value is -0.980. The summed E-state index contributed by atoms with van der Waals surface area (Å²) in [6, 6.07) is 4.56. The number of pyridine rings is 1. The van der Waals surface area contributed by atoms with Gasteiger partial charge in [0.25, 0.3) is 0 Å². The molecule has 0 N–H and O–H groups in total. The van der Waals surface area contributed by atoms with Crippen LogP contribution in [0.4, 0.5) is 0 Å². The molecule has 5 nitrogen and oxygen atoms in total. The Morgan fingerprint density at radius 2 is 2.11 bits per heavy atom. The van der Waals surface area contributed by atoms with Gasteiger partial charge in [0.2, 0.25) is 10.0 Å². The summed E-state index contributed by atoms with van der Waals surface area (Å²) in [6.07, 6.45) is 6.86. The first-order valence-corrected chi connectivity index (χ1v) is 8.50. The largest absolute Gasteiger partial charge is 0.294 e. The Balaban J connectivity index is 1.72. The number of fused-ring (bicyclic) bond motifs is 1. The lowest BCUT2D eigenvalue weighted by Gasteiger charge is -2.24. The van der Waals surface area contributed by atoms with Crippen molar-refractivity contribution in [3.8, 4) is 0 Å². The highest BCUT2D eigenvalue weighted by atomic mass is 32.2. The van der Waals surface area contributed by atoms with Gasteiger partial charge in [-0.1, -0.05) is 6.07 Å². The standard InChI is InChI=1S/C13H19N3O2S/c1-19(17,18)16-8-5-12-13(16)4-7-15(12)10-11-3-2-6-14-9-11/h2-3,6,9,12-13H,4-5,7-8,10H2,1H3/t12-,13+/m0/s1. The molecule has 0 unspecified atom stereocenters. The maximum Gasteiger partial charge on any atom is 0.211 e. The maximum atomic E-state index is 11.7. The van der Waals surface area contributed by atoms with Gasteiger partial charge in [-0.3, -0.25) is 9.88 Å². The van der Waals surface area contributed by atoms with E-state index in [9.17, 15) is 8.42 Å². The Bertz CT molecular complexity index is 546. The number of sulfonamides is 1. The third kappa shape index (κ3) is 2.52. The van der Waals surface area contributed by atoms with Crippen LogP contribution in [0.1, 0.15) is 18.4 Å². The van der Waals surface area contributed by atoms with Crippen molar-refractivity contribution in [2.24, 2.45) is 0 Å². The molecule has 104 valence electrons. The zero-order chi connectivity index (χ0) is 13.5. The van der Waals surface area contributed by atoms with Crippen molar-refractivity contribution in [3.05, 3.63) is 30.1 Å². The number of hydrogen-bond acceptors (Lipinski definition) is 4. The number of nitrogens with zero attached hydrogens (tertiary/aromatic N) is 3. The van der Waals surface area contributed by atoms with Gasteiger partial charge in [-0.05, 0) is 24.5 Å². The Morgan fingerprint density at radius 3 is 2.79 bits per heavy atom. The van der Waals surface area contributed by atoms with Gasteiger partial charge in [-0.2, -0.15) is 4.31 Å². The molecule has 19 heavy (non-hydrogen) atoms. The van der Waals surface area contributed by atoms with E-state index in [0.29, 0.717) is 12.6 Å². The Kier molecular flexibility index (Phi) is 3.32. The minimum atomic E-state index is -3.06. The Morgan fingerprint density at radius 1 is 1.32 bits per heavy atom. The first kappa shape index (κ1) is 13.0. The van der Waals surface area contributed by atoms with Gasteiger partial charge in [0.05, 0.1) is 6.26 Å². The van der Waals surface area contributed by atoms with Crippen LogP contribution in [-0.2, 0) is 16.6 Å². The molecule has 0 amide bonds. The second kappa shape index (κ2) is 4.85. The summed E-state index contributed by atoms with van der Waals surface area (Å²) in [5.41, 5.74) is 1.20. The molecular weight excluding hydrogens is 262 g/mol. The lowest BCUT2D eigenvalue weighted by Crippen LogP contribution is -2.38. The highest BCUT2D eigenvalue weighted by Crippen LogP contribution is 2.33. The summed E-state index contributed by atoms with van der Waals surface area (Å²) in [6.45, 7) is 2.50. The molecule has 0 spiro atoms. The SMILES string of the molecule is CS(=O)(=O)N1CC[C@H]2[C@H]1CCN2Cc1cccnc1. The van der Waals surface area contributed by atoms with E-state index in [1.54, 1.807) is 10.5 Å². The second-order valence-electron chi connectivity index (χ2n) is 5.42. The van der Waals surface area contributed by atoms with Gasteiger partial charge in [0.1, 0.15) is 0 Å². The highest BCUT2D eigenvalue weighted by molar-refractivity contribution is 7.88. The van der Waals surface area contributed by atoms with Crippen LogP contribution < -0.4 is 0 Å². The summed E-state index contributed by atoms with van der Waals surface area (Å²) < 4.78 is 25.2. The van der Waals surface area contributed by atoms with Crippen LogP contribution >= 0.6 is 0 Å². The second-order valence-corrected chi connectivity index (χ2v) is 7.35. The van der Waals surface area contributed by atoms with Crippen LogP contribution in [0.15, 0.2) is 24.5 Å². The van der Waals surface area contributed by atoms with E-state index in [1.807, 2.05) is 12.3 Å². The topological polar surface area (TPSA) is 53.5 Å². The smallest absolute Gasteiger partial charge is 0.211 e. The van der Waals surface area contributed by atoms with Crippen LogP contribution in [0, 0.1) is 0 Å². The lowest BCUT2D eigenvalue weighted by atomic mass is 10.1. The Labute approximate surface area is 114 Å². The molecule has 2 fully saturated rings. The average Bonchev–Trinajstić information content (AvgIpc) is 2.92. The minimum absolute atomic E-state index is 0.173. The fourth-order valence-electron chi connectivity index (χ4n) is 3.37. The molecule has 0 aliphatic carbocycles. The van der Waals surface area contributed by atoms with Crippen LogP contribution in [0.25, 0.3) is 0 Å². The zero-order valence-corrected chi connectivity index (χ0v) is 11.9. The van der Waals surface area contributed by atoms with Crippen LogP contribution in [0.5, 0.6) is 0 Å². The highest BCUT2D eigenvalue weighted by Gasteiger charge is 2.45. The van der Waals surface area contributed by atoms with Crippen molar-refractivity contribution in [2.45, 2.75) is 31.5 Å². The van der Waals surface area contributed by atoms with Crippen molar-refractivity contribution in [3.63, 3.8) is 0 Å². The van der Waals surface area contributed by atoms with Gasteiger partial charge in [0, 0.05) is 44.1 Å². The van der Waals surface area contributed by atoms with E-state index in [1.165, 1.54) is 11.8 Å². The number of aromatic nitrogens is 1. The van der Waals surface area contributed by atoms with E-state index < -0.39 is 10.0 Å². The van der Waals surface area contributed by atoms with E-state index in [2.05, 4.69) is 16.0 Å². The van der Waals surface area contributed by atoms with E-state index in [0.717, 1.165) is 25.9 Å². The van der Waals surface area contributed by atoms with Gasteiger partial charge in [0.15, 0.2) is 0 Å². The van der Waals surface area contributed by atoms with E-state index >= 15 is 0 Å². The summed E-state index contributed by atoms with van der Waals surface area (Å²) in [5.74, 6) is 0. The molecule has 0 radical (unpaired) electrons. The van der Waals surface area contributed by atoms with Gasteiger partial charge >= 0.3 is 0 Å². The van der Waals surface area contributed by atoms with Crippen LogP contribution in [-0.4, -0.2) is 54.0 Å². The summed E-state index contributed by atoms with van der Waals surface area (Å²) in [4.78, 5) is 6.53. The predicted octanol–water partition coefficient (Wildman–Crippen LogP) is 0.690. The van der Waals surface area contributed by atoms with E-state index in [-0.39, 0.29) is 6.04 Å². The van der Waals surface area contributed by atoms with Crippen molar-refractivity contribution >= 4 is 10.0 Å². The summed E-state index contributed by atoms with van der Waals surface area (Å²) in [7, 11) is -3.06.